The zero-order valence-electron chi connectivity index (χ0n) is 21.8. The predicted octanol–water partition coefficient (Wildman–Crippen LogP) is 7.22. The first-order valence-corrected chi connectivity index (χ1v) is 21.1. The second-order valence-electron chi connectivity index (χ2n) is 14.2. The Hall–Kier alpha value is 1.28. The van der Waals surface area contributed by atoms with Gasteiger partial charge in [-0.3, -0.25) is 0 Å². The van der Waals surface area contributed by atoms with Crippen LogP contribution in [0.15, 0.2) is 0 Å². The molecule has 0 saturated carbocycles. The van der Waals surface area contributed by atoms with Gasteiger partial charge in [0.2, 0.25) is 0 Å². The monoisotopic (exact) mass is 608 g/mol. The van der Waals surface area contributed by atoms with Crippen molar-refractivity contribution in [2.45, 2.75) is 132 Å². The van der Waals surface area contributed by atoms with Crippen LogP contribution in [0.4, 0.5) is 0 Å². The van der Waals surface area contributed by atoms with E-state index in [0.29, 0.717) is 21.9 Å². The minimum atomic E-state index is -1.40. The maximum atomic E-state index is 3.11. The van der Waals surface area contributed by atoms with Crippen molar-refractivity contribution in [3.63, 3.8) is 0 Å². The molecular weight excluding hydrogens is 556 g/mol. The SMILES string of the molecule is CC(C)(C)CC(C)(C)[N]([Pb][N](C(C)(C)CC(C)(C)C)[Si](C)(C)C)[Si](C)(C)C. The molecule has 162 valence electrons. The van der Waals surface area contributed by atoms with Crippen LogP contribution in [0.25, 0.3) is 0 Å². The third-order valence-corrected chi connectivity index (χ3v) is 32.2. The van der Waals surface area contributed by atoms with Crippen LogP contribution in [0.2, 0.25) is 39.3 Å². The molecule has 0 rings (SSSR count). The van der Waals surface area contributed by atoms with Crippen LogP contribution >= 0.6 is 0 Å². The summed E-state index contributed by atoms with van der Waals surface area (Å²) in [6, 6.07) is 0. The molecule has 0 saturated heterocycles. The molecule has 0 atom stereocenters. The number of nitrogens with zero attached hydrogens (tertiary/aromatic N) is 2. The van der Waals surface area contributed by atoms with Gasteiger partial charge in [-0.15, -0.1) is 0 Å². The molecule has 0 spiro atoms. The van der Waals surface area contributed by atoms with E-state index in [1.807, 2.05) is 0 Å². The molecule has 27 heavy (non-hydrogen) atoms. The van der Waals surface area contributed by atoms with Crippen molar-refractivity contribution in [2.75, 3.05) is 0 Å². The van der Waals surface area contributed by atoms with Crippen LogP contribution in [0.1, 0.15) is 82.1 Å². The Labute approximate surface area is 188 Å². The summed E-state index contributed by atoms with van der Waals surface area (Å²) < 4.78 is 6.21. The number of hydrogen-bond donors (Lipinski definition) is 0. The minimum absolute atomic E-state index is 0.293. The van der Waals surface area contributed by atoms with E-state index in [4.69, 9.17) is 0 Å². The van der Waals surface area contributed by atoms with Gasteiger partial charge in [0.15, 0.2) is 0 Å². The molecule has 0 fully saturated rings. The van der Waals surface area contributed by atoms with Gasteiger partial charge >= 0.3 is 189 Å². The molecule has 0 aliphatic heterocycles. The first-order chi connectivity index (χ1) is 11.4. The molecule has 0 N–H and O–H groups in total. The molecule has 0 aliphatic rings. The zero-order valence-corrected chi connectivity index (χ0v) is 27.7. The first kappa shape index (κ1) is 28.3. The standard InChI is InChI=1S/2C11H26NSi.Pb/c2*1-10(2,3)9-11(4,5)12-13(6,7)8;/h2*9H2,1-8H3;/q2*-1;+2. The Bertz CT molecular complexity index is 431. The maximum absolute atomic E-state index is 3.11. The second-order valence-corrected chi connectivity index (χ2v) is 31.5. The summed E-state index contributed by atoms with van der Waals surface area (Å²) in [5.41, 5.74) is 1.33. The van der Waals surface area contributed by atoms with Crippen LogP contribution in [0.3, 0.4) is 0 Å². The molecule has 0 aromatic rings. The molecule has 0 aliphatic carbocycles. The van der Waals surface area contributed by atoms with Gasteiger partial charge in [-0.25, -0.2) is 0 Å². The summed E-state index contributed by atoms with van der Waals surface area (Å²) in [6.45, 7) is 40.0. The second kappa shape index (κ2) is 8.79. The summed E-state index contributed by atoms with van der Waals surface area (Å²) in [7, 11) is -2.80. The third kappa shape index (κ3) is 10.2. The van der Waals surface area contributed by atoms with Crippen LogP contribution in [0, 0.1) is 10.8 Å². The fourth-order valence-corrected chi connectivity index (χ4v) is 22.8. The Morgan fingerprint density at radius 3 is 0.889 bits per heavy atom. The van der Waals surface area contributed by atoms with Crippen LogP contribution in [-0.4, -0.2) is 57.1 Å². The van der Waals surface area contributed by atoms with E-state index >= 15 is 0 Å². The van der Waals surface area contributed by atoms with Crippen LogP contribution in [0.5, 0.6) is 0 Å². The van der Waals surface area contributed by atoms with Crippen LogP contribution < -0.4 is 0 Å². The molecule has 0 unspecified atom stereocenters. The number of rotatable bonds is 8. The van der Waals surface area contributed by atoms with E-state index in [-0.39, 0.29) is 0 Å². The van der Waals surface area contributed by atoms with E-state index in [2.05, 4.69) is 113 Å². The summed E-state index contributed by atoms with van der Waals surface area (Å²) in [4.78, 5) is 0. The van der Waals surface area contributed by atoms with Crippen molar-refractivity contribution in [3.05, 3.63) is 0 Å². The van der Waals surface area contributed by atoms with Gasteiger partial charge in [0.25, 0.3) is 0 Å². The van der Waals surface area contributed by atoms with E-state index in [9.17, 15) is 0 Å². The third-order valence-electron chi connectivity index (χ3n) is 4.68. The summed E-state index contributed by atoms with van der Waals surface area (Å²) in [5.74, 6) is 0. The topological polar surface area (TPSA) is 6.48 Å². The predicted molar refractivity (Wildman–Crippen MR) is 132 cm³/mol. The van der Waals surface area contributed by atoms with Gasteiger partial charge in [0.1, 0.15) is 0 Å². The molecule has 2 radical (unpaired) electrons. The molecular formula is C22H52N2PbSi2. The van der Waals surface area contributed by atoms with Gasteiger partial charge in [0.05, 0.1) is 0 Å². The molecule has 2 nitrogen and oxygen atoms in total. The summed E-state index contributed by atoms with van der Waals surface area (Å²) in [6.07, 6.45) is 2.55. The fraction of sp³-hybridized carbons (Fsp3) is 1.00. The Balaban J connectivity index is 6.06. The summed E-state index contributed by atoms with van der Waals surface area (Å²) in [5, 5.41) is 0. The Kier molecular flexibility index (Phi) is 9.21. The van der Waals surface area contributed by atoms with Gasteiger partial charge < -0.3 is 0 Å². The van der Waals surface area contributed by atoms with Crippen molar-refractivity contribution in [1.82, 2.24) is 4.75 Å². The van der Waals surface area contributed by atoms with E-state index < -0.39 is 41.3 Å². The average molecular weight is 608 g/mol. The summed E-state index contributed by atoms with van der Waals surface area (Å²) >= 11 is -1.18. The quantitative estimate of drug-likeness (QED) is 0.269. The molecule has 0 bridgehead atoms. The molecule has 0 aromatic heterocycles. The number of hydrogen-bond acceptors (Lipinski definition) is 2. The van der Waals surface area contributed by atoms with E-state index in [1.165, 1.54) is 12.8 Å². The van der Waals surface area contributed by atoms with Gasteiger partial charge in [-0.05, 0) is 0 Å². The molecule has 5 heteroatoms. The van der Waals surface area contributed by atoms with Crippen molar-refractivity contribution >= 4 is 41.3 Å². The normalized spacial score (nSPS) is 15.8. The Morgan fingerprint density at radius 1 is 0.519 bits per heavy atom. The van der Waals surface area contributed by atoms with Gasteiger partial charge in [-0.2, -0.15) is 0 Å². The molecule has 0 heterocycles. The van der Waals surface area contributed by atoms with E-state index in [0.717, 1.165) is 0 Å². The first-order valence-electron chi connectivity index (χ1n) is 10.8. The fourth-order valence-electron chi connectivity index (χ4n) is 5.24. The van der Waals surface area contributed by atoms with Gasteiger partial charge in [-0.1, -0.05) is 0 Å². The average Bonchev–Trinajstić information content (AvgIpc) is 2.15. The zero-order chi connectivity index (χ0) is 22.3. The van der Waals surface area contributed by atoms with Gasteiger partial charge in [0, 0.05) is 0 Å². The molecule has 0 amide bonds. The van der Waals surface area contributed by atoms with E-state index in [1.54, 1.807) is 0 Å². The Morgan fingerprint density at radius 2 is 0.741 bits per heavy atom. The van der Waals surface area contributed by atoms with Crippen molar-refractivity contribution < 1.29 is 0 Å². The molecule has 0 aromatic carbocycles. The van der Waals surface area contributed by atoms with Crippen LogP contribution in [-0.2, 0) is 0 Å². The van der Waals surface area contributed by atoms with Crippen molar-refractivity contribution in [1.29, 1.82) is 0 Å². The van der Waals surface area contributed by atoms with Crippen molar-refractivity contribution in [3.8, 4) is 0 Å². The van der Waals surface area contributed by atoms with Crippen molar-refractivity contribution in [2.24, 2.45) is 10.8 Å².